The fourth-order valence-electron chi connectivity index (χ4n) is 5.78. The zero-order chi connectivity index (χ0) is 22.3. The predicted molar refractivity (Wildman–Crippen MR) is 115 cm³/mol. The summed E-state index contributed by atoms with van der Waals surface area (Å²) in [5.74, 6) is 0.923. The van der Waals surface area contributed by atoms with E-state index in [1.165, 1.54) is 12.8 Å². The molecule has 3 N–H and O–H groups in total. The minimum atomic E-state index is -0.624. The Balaban J connectivity index is 1.55. The number of phenolic OH excluding ortho intramolecular Hbond substituents is 2. The summed E-state index contributed by atoms with van der Waals surface area (Å²) in [6.07, 6.45) is 5.14. The highest BCUT2D eigenvalue weighted by Gasteiger charge is 2.56. The van der Waals surface area contributed by atoms with Crippen LogP contribution in [0.2, 0.25) is 0 Å². The molecule has 3 atom stereocenters. The average molecular weight is 442 g/mol. The Morgan fingerprint density at radius 1 is 1.28 bits per heavy atom. The highest BCUT2D eigenvalue weighted by atomic mass is 16.5. The molecule has 0 spiro atoms. The maximum absolute atomic E-state index is 12.6. The predicted octanol–water partition coefficient (Wildman–Crippen LogP) is 2.10. The lowest BCUT2D eigenvalue weighted by atomic mass is 9.61. The van der Waals surface area contributed by atoms with E-state index in [-0.39, 0.29) is 29.2 Å². The number of hydrogen-bond donors (Lipinski definition) is 3. The van der Waals surface area contributed by atoms with Gasteiger partial charge in [-0.05, 0) is 49.8 Å². The number of phenols is 2. The van der Waals surface area contributed by atoms with Gasteiger partial charge in [0.05, 0.1) is 12.2 Å². The van der Waals surface area contributed by atoms with Crippen molar-refractivity contribution in [2.75, 3.05) is 19.7 Å². The minimum absolute atomic E-state index is 0.0907. The third-order valence-electron chi connectivity index (χ3n) is 7.55. The number of Topliss-reactive ketones (excluding diaryl/α,β-unsaturated/α-hetero) is 1. The minimum Gasteiger partial charge on any atom is -0.504 e. The van der Waals surface area contributed by atoms with E-state index in [9.17, 15) is 15.0 Å². The van der Waals surface area contributed by atoms with Gasteiger partial charge >= 0.3 is 0 Å². The van der Waals surface area contributed by atoms with Gasteiger partial charge in [0, 0.05) is 43.3 Å². The van der Waals surface area contributed by atoms with Crippen molar-refractivity contribution in [3.63, 3.8) is 0 Å². The number of likely N-dealkylation sites (N-methyl/N-ethyl adjacent to an activating group) is 1. The summed E-state index contributed by atoms with van der Waals surface area (Å²) in [7, 11) is 0. The van der Waals surface area contributed by atoms with Crippen molar-refractivity contribution in [3.05, 3.63) is 29.1 Å². The molecular weight excluding hydrogens is 410 g/mol. The van der Waals surface area contributed by atoms with Gasteiger partial charge in [-0.25, -0.2) is 0 Å². The Kier molecular flexibility index (Phi) is 5.63. The van der Waals surface area contributed by atoms with Crippen LogP contribution in [0, 0.1) is 5.92 Å². The van der Waals surface area contributed by atoms with E-state index in [2.05, 4.69) is 32.4 Å². The van der Waals surface area contributed by atoms with E-state index in [1.807, 2.05) is 6.07 Å². The van der Waals surface area contributed by atoms with Crippen molar-refractivity contribution >= 4 is 5.78 Å². The van der Waals surface area contributed by atoms with Crippen molar-refractivity contribution in [1.29, 1.82) is 0 Å². The first-order valence-electron chi connectivity index (χ1n) is 11.7. The molecule has 1 heterocycles. The summed E-state index contributed by atoms with van der Waals surface area (Å²) in [4.78, 5) is 15.1. The molecule has 2 fully saturated rings. The molecule has 1 aromatic carbocycles. The lowest BCUT2D eigenvalue weighted by Gasteiger charge is -2.55. The number of hydrogen-bond acceptors (Lipinski definition) is 8. The molecule has 2 aromatic rings. The monoisotopic (exact) mass is 441 g/mol. The molecule has 5 rings (SSSR count). The SMILES string of the molecule is CCN(CC1CC1)[C@@H]1Cc2ccc(O)c(O)c2C2CC(=O)CC[C@]21OCCc1nn[nH]n1. The molecule has 9 nitrogen and oxygen atoms in total. The van der Waals surface area contributed by atoms with Crippen LogP contribution in [0.15, 0.2) is 12.1 Å². The molecule has 0 saturated heterocycles. The number of H-pyrrole nitrogens is 1. The topological polar surface area (TPSA) is 124 Å². The van der Waals surface area contributed by atoms with Crippen molar-refractivity contribution < 1.29 is 19.7 Å². The second-order valence-corrected chi connectivity index (χ2v) is 9.43. The molecule has 2 saturated carbocycles. The zero-order valence-corrected chi connectivity index (χ0v) is 18.5. The number of aromatic nitrogens is 4. The smallest absolute Gasteiger partial charge is 0.176 e. The summed E-state index contributed by atoms with van der Waals surface area (Å²) in [6, 6.07) is 3.54. The first kappa shape index (κ1) is 21.3. The molecule has 0 aliphatic heterocycles. The summed E-state index contributed by atoms with van der Waals surface area (Å²) in [5, 5.41) is 35.2. The quantitative estimate of drug-likeness (QED) is 0.532. The van der Waals surface area contributed by atoms with E-state index >= 15 is 0 Å². The maximum Gasteiger partial charge on any atom is 0.176 e. The van der Waals surface area contributed by atoms with Crippen LogP contribution in [0.4, 0.5) is 0 Å². The van der Waals surface area contributed by atoms with Crippen molar-refractivity contribution in [1.82, 2.24) is 25.5 Å². The van der Waals surface area contributed by atoms with E-state index in [4.69, 9.17) is 4.74 Å². The molecule has 1 aromatic heterocycles. The number of nitrogens with zero attached hydrogens (tertiary/aromatic N) is 4. The van der Waals surface area contributed by atoms with Gasteiger partial charge in [-0.3, -0.25) is 9.69 Å². The Hall–Kier alpha value is -2.52. The van der Waals surface area contributed by atoms with Crippen molar-refractivity contribution in [2.24, 2.45) is 5.92 Å². The number of fused-ring (bicyclic) bond motifs is 3. The van der Waals surface area contributed by atoms with Crippen LogP contribution in [0.5, 0.6) is 11.5 Å². The summed E-state index contributed by atoms with van der Waals surface area (Å²) < 4.78 is 6.74. The van der Waals surface area contributed by atoms with Crippen LogP contribution >= 0.6 is 0 Å². The largest absolute Gasteiger partial charge is 0.504 e. The molecule has 0 amide bonds. The van der Waals surface area contributed by atoms with Gasteiger partial charge < -0.3 is 14.9 Å². The first-order chi connectivity index (χ1) is 15.5. The highest BCUT2D eigenvalue weighted by Crippen LogP contribution is 2.55. The number of aromatic amines is 1. The Morgan fingerprint density at radius 2 is 2.12 bits per heavy atom. The number of ether oxygens (including phenoxy) is 1. The Morgan fingerprint density at radius 3 is 2.84 bits per heavy atom. The van der Waals surface area contributed by atoms with Gasteiger partial charge in [-0.1, -0.05) is 18.2 Å². The molecule has 3 aliphatic carbocycles. The number of carbonyl (C=O) groups is 1. The number of rotatable bonds is 8. The molecule has 1 unspecified atom stereocenters. The molecule has 0 bridgehead atoms. The maximum atomic E-state index is 12.6. The lowest BCUT2D eigenvalue weighted by molar-refractivity contribution is -0.153. The summed E-state index contributed by atoms with van der Waals surface area (Å²) in [6.45, 7) is 4.51. The summed E-state index contributed by atoms with van der Waals surface area (Å²) >= 11 is 0. The molecular formula is C23H31N5O4. The number of tetrazole rings is 1. The highest BCUT2D eigenvalue weighted by molar-refractivity contribution is 5.81. The van der Waals surface area contributed by atoms with Crippen LogP contribution in [0.1, 0.15) is 61.9 Å². The van der Waals surface area contributed by atoms with Crippen LogP contribution in [0.25, 0.3) is 0 Å². The third kappa shape index (κ3) is 3.77. The Labute approximate surface area is 187 Å². The van der Waals surface area contributed by atoms with E-state index in [0.717, 1.165) is 31.0 Å². The van der Waals surface area contributed by atoms with Gasteiger partial charge in [-0.2, -0.15) is 5.21 Å². The molecule has 172 valence electrons. The van der Waals surface area contributed by atoms with E-state index in [0.29, 0.717) is 43.7 Å². The number of benzene rings is 1. The second kappa shape index (κ2) is 8.44. The number of nitrogens with one attached hydrogen (secondary N) is 1. The number of carbonyl (C=O) groups excluding carboxylic acids is 1. The van der Waals surface area contributed by atoms with Gasteiger partial charge in [0.25, 0.3) is 0 Å². The van der Waals surface area contributed by atoms with E-state index < -0.39 is 5.60 Å². The standard InChI is InChI=1S/C23H31N5O4/c1-2-28(13-14-3-4-14)19-11-15-5-6-18(30)22(31)21(15)17-12-16(29)7-9-23(17,19)32-10-8-20-24-26-27-25-20/h5-6,14,17,19,30-31H,2-4,7-13H2,1H3,(H,24,25,26,27)/t17?,19-,23+/m1/s1. The van der Waals surface area contributed by atoms with Gasteiger partial charge in [-0.15, -0.1) is 10.2 Å². The van der Waals surface area contributed by atoms with E-state index in [1.54, 1.807) is 6.07 Å². The summed E-state index contributed by atoms with van der Waals surface area (Å²) in [5.41, 5.74) is 1.05. The van der Waals surface area contributed by atoms with Crippen LogP contribution < -0.4 is 0 Å². The van der Waals surface area contributed by atoms with Crippen molar-refractivity contribution in [2.45, 2.75) is 69.4 Å². The molecule has 32 heavy (non-hydrogen) atoms. The number of ketones is 1. The van der Waals surface area contributed by atoms with Gasteiger partial charge in [0.2, 0.25) is 0 Å². The lowest BCUT2D eigenvalue weighted by Crippen LogP contribution is -2.63. The number of aromatic hydroxyl groups is 2. The molecule has 9 heteroatoms. The third-order valence-corrected chi connectivity index (χ3v) is 7.55. The second-order valence-electron chi connectivity index (χ2n) is 9.43. The Bertz CT molecular complexity index is 977. The fraction of sp³-hybridized carbons (Fsp3) is 0.652. The van der Waals surface area contributed by atoms with Gasteiger partial charge in [0.15, 0.2) is 17.3 Å². The fourth-order valence-corrected chi connectivity index (χ4v) is 5.78. The van der Waals surface area contributed by atoms with Gasteiger partial charge in [0.1, 0.15) is 5.78 Å². The van der Waals surface area contributed by atoms with Crippen LogP contribution in [-0.4, -0.2) is 72.9 Å². The molecule has 3 aliphatic rings. The first-order valence-corrected chi connectivity index (χ1v) is 11.7. The normalized spacial score (nSPS) is 27.4. The zero-order valence-electron chi connectivity index (χ0n) is 18.5. The molecule has 0 radical (unpaired) electrons. The van der Waals surface area contributed by atoms with Crippen LogP contribution in [0.3, 0.4) is 0 Å². The van der Waals surface area contributed by atoms with Crippen LogP contribution in [-0.2, 0) is 22.4 Å². The average Bonchev–Trinajstić information content (AvgIpc) is 3.46. The van der Waals surface area contributed by atoms with Crippen molar-refractivity contribution in [3.8, 4) is 11.5 Å².